The second-order valence-corrected chi connectivity index (χ2v) is 7.96. The van der Waals surface area contributed by atoms with Crippen molar-refractivity contribution < 1.29 is 0 Å². The number of nitrogens with zero attached hydrogens (tertiary/aromatic N) is 5. The van der Waals surface area contributed by atoms with Gasteiger partial charge in [0.25, 0.3) is 0 Å². The molecule has 0 amide bonds. The van der Waals surface area contributed by atoms with Gasteiger partial charge in [-0.2, -0.15) is 5.10 Å². The van der Waals surface area contributed by atoms with Crippen LogP contribution in [0.4, 0.5) is 0 Å². The number of benzene rings is 1. The molecule has 1 aromatic carbocycles. The highest BCUT2D eigenvalue weighted by molar-refractivity contribution is 5.39. The summed E-state index contributed by atoms with van der Waals surface area (Å²) in [7, 11) is 2.29. The number of hydrogen-bond donors (Lipinski definition) is 0. The lowest BCUT2D eigenvalue weighted by atomic mass is 9.88. The molecule has 0 aliphatic carbocycles. The van der Waals surface area contributed by atoms with Gasteiger partial charge in [-0.05, 0) is 54.6 Å². The molecule has 26 heavy (non-hydrogen) atoms. The van der Waals surface area contributed by atoms with Crippen molar-refractivity contribution in [3.05, 3.63) is 65.6 Å². The Morgan fingerprint density at radius 1 is 1.12 bits per heavy atom. The van der Waals surface area contributed by atoms with Crippen LogP contribution in [-0.4, -0.2) is 51.1 Å². The second kappa shape index (κ2) is 6.18. The van der Waals surface area contributed by atoms with Crippen LogP contribution in [-0.2, 0) is 6.54 Å². The largest absolute Gasteiger partial charge is 0.299 e. The zero-order valence-electron chi connectivity index (χ0n) is 15.4. The van der Waals surface area contributed by atoms with Gasteiger partial charge in [0, 0.05) is 38.4 Å². The second-order valence-electron chi connectivity index (χ2n) is 7.96. The van der Waals surface area contributed by atoms with Gasteiger partial charge in [-0.1, -0.05) is 24.3 Å². The fourth-order valence-corrected chi connectivity index (χ4v) is 5.08. The van der Waals surface area contributed by atoms with E-state index < -0.39 is 0 Å². The molecule has 2 aliphatic rings. The number of likely N-dealkylation sites (tertiary alicyclic amines) is 2. The van der Waals surface area contributed by atoms with Crippen LogP contribution in [0.5, 0.6) is 0 Å². The molecule has 3 atom stereocenters. The average molecular weight is 347 g/mol. The van der Waals surface area contributed by atoms with Gasteiger partial charge in [-0.3, -0.25) is 9.80 Å². The summed E-state index contributed by atoms with van der Waals surface area (Å²) in [5, 5.41) is 4.18. The number of aryl methyl sites for hydroxylation is 1. The van der Waals surface area contributed by atoms with Crippen molar-refractivity contribution in [2.75, 3.05) is 26.7 Å². The minimum Gasteiger partial charge on any atom is -0.299 e. The average Bonchev–Trinajstić information content (AvgIpc) is 3.30. The third-order valence-corrected chi connectivity index (χ3v) is 6.23. The predicted octanol–water partition coefficient (Wildman–Crippen LogP) is 2.77. The molecule has 5 nitrogen and oxygen atoms in total. The van der Waals surface area contributed by atoms with E-state index in [9.17, 15) is 0 Å². The van der Waals surface area contributed by atoms with E-state index in [1.165, 1.54) is 36.3 Å². The fraction of sp³-hybridized carbons (Fsp3) is 0.429. The van der Waals surface area contributed by atoms with Crippen molar-refractivity contribution in [1.29, 1.82) is 0 Å². The van der Waals surface area contributed by atoms with E-state index in [-0.39, 0.29) is 0 Å². The van der Waals surface area contributed by atoms with Gasteiger partial charge in [0.1, 0.15) is 6.33 Å². The van der Waals surface area contributed by atoms with Crippen molar-refractivity contribution in [3.63, 3.8) is 0 Å². The number of pyridine rings is 1. The lowest BCUT2D eigenvalue weighted by molar-refractivity contribution is 0.224. The highest BCUT2D eigenvalue weighted by atomic mass is 15.3. The molecule has 3 aromatic rings. The maximum atomic E-state index is 4.31. The number of hydrogen-bond acceptors (Lipinski definition) is 4. The van der Waals surface area contributed by atoms with Crippen molar-refractivity contribution in [1.82, 2.24) is 24.4 Å². The zero-order valence-corrected chi connectivity index (χ0v) is 15.4. The Balaban J connectivity index is 1.35. The molecule has 2 aliphatic heterocycles. The molecule has 0 unspecified atom stereocenters. The van der Waals surface area contributed by atoms with Crippen molar-refractivity contribution in [3.8, 4) is 0 Å². The lowest BCUT2D eigenvalue weighted by Gasteiger charge is -2.28. The van der Waals surface area contributed by atoms with Crippen LogP contribution in [0.15, 0.2) is 48.9 Å². The summed E-state index contributed by atoms with van der Waals surface area (Å²) < 4.78 is 1.82. The van der Waals surface area contributed by atoms with E-state index in [1.54, 1.807) is 6.33 Å². The molecule has 2 saturated heterocycles. The molecule has 4 heterocycles. The van der Waals surface area contributed by atoms with Crippen LogP contribution < -0.4 is 0 Å². The Morgan fingerprint density at radius 3 is 2.88 bits per heavy atom. The minimum atomic E-state index is 0.546. The summed E-state index contributed by atoms with van der Waals surface area (Å²) in [6.45, 7) is 6.81. The summed E-state index contributed by atoms with van der Waals surface area (Å²) in [5.74, 6) is 1.49. The first kappa shape index (κ1) is 16.0. The van der Waals surface area contributed by atoms with Crippen LogP contribution in [0.1, 0.15) is 22.7 Å². The first-order valence-electron chi connectivity index (χ1n) is 9.45. The Labute approximate surface area is 154 Å². The van der Waals surface area contributed by atoms with Gasteiger partial charge in [-0.25, -0.2) is 9.50 Å². The fourth-order valence-electron chi connectivity index (χ4n) is 5.08. The third-order valence-electron chi connectivity index (χ3n) is 6.23. The third kappa shape index (κ3) is 2.63. The SMILES string of the molecule is Cc1ccccc1[C@@H]1[C@@H]2CN(Cc3ccn4ncnc4c3)C[C@@H]2CN1C. The van der Waals surface area contributed by atoms with E-state index in [0.29, 0.717) is 6.04 Å². The highest BCUT2D eigenvalue weighted by Crippen LogP contribution is 2.45. The monoisotopic (exact) mass is 347 g/mol. The molecule has 2 aromatic heterocycles. The van der Waals surface area contributed by atoms with Gasteiger partial charge in [-0.15, -0.1) is 0 Å². The van der Waals surface area contributed by atoms with E-state index in [1.807, 2.05) is 10.7 Å². The summed E-state index contributed by atoms with van der Waals surface area (Å²) in [4.78, 5) is 9.50. The van der Waals surface area contributed by atoms with Crippen molar-refractivity contribution in [2.24, 2.45) is 11.8 Å². The summed E-state index contributed by atoms with van der Waals surface area (Å²) >= 11 is 0. The van der Waals surface area contributed by atoms with E-state index in [0.717, 1.165) is 24.0 Å². The van der Waals surface area contributed by atoms with E-state index >= 15 is 0 Å². The molecule has 0 spiro atoms. The Kier molecular flexibility index (Phi) is 3.80. The highest BCUT2D eigenvalue weighted by Gasteiger charge is 2.46. The number of fused-ring (bicyclic) bond motifs is 2. The molecule has 0 bridgehead atoms. The van der Waals surface area contributed by atoms with Gasteiger partial charge in [0.2, 0.25) is 0 Å². The van der Waals surface area contributed by atoms with Gasteiger partial charge >= 0.3 is 0 Å². The quantitative estimate of drug-likeness (QED) is 0.730. The first-order valence-corrected chi connectivity index (χ1v) is 9.45. The summed E-state index contributed by atoms with van der Waals surface area (Å²) in [6.07, 6.45) is 3.63. The van der Waals surface area contributed by atoms with E-state index in [2.05, 4.69) is 70.3 Å². The van der Waals surface area contributed by atoms with Crippen molar-refractivity contribution in [2.45, 2.75) is 19.5 Å². The van der Waals surface area contributed by atoms with Gasteiger partial charge in [0.05, 0.1) is 0 Å². The Bertz CT molecular complexity index is 933. The Morgan fingerprint density at radius 2 is 2.00 bits per heavy atom. The maximum Gasteiger partial charge on any atom is 0.155 e. The summed E-state index contributed by atoms with van der Waals surface area (Å²) in [5.41, 5.74) is 5.18. The number of aromatic nitrogens is 3. The predicted molar refractivity (Wildman–Crippen MR) is 102 cm³/mol. The molecule has 5 heteroatoms. The van der Waals surface area contributed by atoms with Gasteiger partial charge < -0.3 is 0 Å². The zero-order chi connectivity index (χ0) is 17.7. The van der Waals surface area contributed by atoms with Crippen LogP contribution in [0.25, 0.3) is 5.65 Å². The van der Waals surface area contributed by atoms with E-state index in [4.69, 9.17) is 0 Å². The Hall–Kier alpha value is -2.24. The summed E-state index contributed by atoms with van der Waals surface area (Å²) in [6, 6.07) is 13.8. The lowest BCUT2D eigenvalue weighted by Crippen LogP contribution is -2.29. The molecular formula is C21H25N5. The normalized spacial score (nSPS) is 26.6. The first-order chi connectivity index (χ1) is 12.7. The molecule has 0 saturated carbocycles. The van der Waals surface area contributed by atoms with Crippen LogP contribution in [0.3, 0.4) is 0 Å². The van der Waals surface area contributed by atoms with Crippen molar-refractivity contribution >= 4 is 5.65 Å². The maximum absolute atomic E-state index is 4.31. The molecule has 0 radical (unpaired) electrons. The molecule has 134 valence electrons. The molecule has 5 rings (SSSR count). The topological polar surface area (TPSA) is 36.7 Å². The van der Waals surface area contributed by atoms with Gasteiger partial charge in [0.15, 0.2) is 5.65 Å². The standard InChI is InChI=1S/C21H25N5/c1-15-5-3-4-6-18(15)21-19-13-25(12-17(19)11-24(21)2)10-16-7-8-26-20(9-16)22-14-23-26/h3-9,14,17,19,21H,10-13H2,1-2H3/t17-,19+,21+/m0/s1. The number of rotatable bonds is 3. The molecule has 2 fully saturated rings. The van der Waals surface area contributed by atoms with Crippen LogP contribution in [0, 0.1) is 18.8 Å². The molecular weight excluding hydrogens is 322 g/mol. The molecule has 0 N–H and O–H groups in total. The van der Waals surface area contributed by atoms with Crippen LogP contribution in [0.2, 0.25) is 0 Å². The van der Waals surface area contributed by atoms with Crippen LogP contribution >= 0.6 is 0 Å². The minimum absolute atomic E-state index is 0.546. The smallest absolute Gasteiger partial charge is 0.155 e.